The van der Waals surface area contributed by atoms with Crippen LogP contribution in [0.1, 0.15) is 0 Å². The van der Waals surface area contributed by atoms with Crippen LogP contribution in [0, 0.1) is 10.1 Å². The molecule has 1 heterocycles. The molecule has 0 radical (unpaired) electrons. The van der Waals surface area contributed by atoms with E-state index in [1.54, 1.807) is 0 Å². The SMILES string of the molecule is COc1ccc(Oc2nc(NN)ncc2Cl)cc1[N+](=O)[O-]. The fraction of sp³-hybridized carbons (Fsp3) is 0.0909. The van der Waals surface area contributed by atoms with Crippen LogP contribution >= 0.6 is 11.6 Å². The van der Waals surface area contributed by atoms with Gasteiger partial charge in [-0.15, -0.1) is 0 Å². The largest absolute Gasteiger partial charge is 0.490 e. The predicted molar refractivity (Wildman–Crippen MR) is 74.6 cm³/mol. The van der Waals surface area contributed by atoms with Crippen LogP contribution in [0.25, 0.3) is 0 Å². The van der Waals surface area contributed by atoms with Crippen LogP contribution in [-0.4, -0.2) is 22.0 Å². The zero-order chi connectivity index (χ0) is 15.4. The smallest absolute Gasteiger partial charge is 0.314 e. The van der Waals surface area contributed by atoms with Crippen molar-refractivity contribution in [2.45, 2.75) is 0 Å². The molecule has 2 rings (SSSR count). The number of aromatic nitrogens is 2. The topological polar surface area (TPSA) is 125 Å². The lowest BCUT2D eigenvalue weighted by atomic mass is 10.3. The minimum absolute atomic E-state index is 0.0130. The number of nitrogens with two attached hydrogens (primary N) is 1. The molecule has 0 aliphatic heterocycles. The molecule has 3 N–H and O–H groups in total. The average Bonchev–Trinajstić information content (AvgIpc) is 2.49. The van der Waals surface area contributed by atoms with E-state index in [9.17, 15) is 10.1 Å². The number of anilines is 1. The highest BCUT2D eigenvalue weighted by atomic mass is 35.5. The van der Waals surface area contributed by atoms with Crippen LogP contribution < -0.4 is 20.7 Å². The summed E-state index contributed by atoms with van der Waals surface area (Å²) < 4.78 is 10.3. The van der Waals surface area contributed by atoms with E-state index in [4.69, 9.17) is 26.9 Å². The first-order chi connectivity index (χ1) is 10.0. The third-order valence-electron chi connectivity index (χ3n) is 2.40. The zero-order valence-corrected chi connectivity index (χ0v) is 11.5. The Morgan fingerprint density at radius 3 is 2.86 bits per heavy atom. The fourth-order valence-corrected chi connectivity index (χ4v) is 1.61. The van der Waals surface area contributed by atoms with Crippen LogP contribution in [0.4, 0.5) is 11.6 Å². The van der Waals surface area contributed by atoms with E-state index in [-0.39, 0.29) is 34.0 Å². The zero-order valence-electron chi connectivity index (χ0n) is 10.7. The second kappa shape index (κ2) is 6.20. The normalized spacial score (nSPS) is 10.0. The number of hydrogen-bond donors (Lipinski definition) is 2. The number of rotatable bonds is 5. The highest BCUT2D eigenvalue weighted by Gasteiger charge is 2.17. The predicted octanol–water partition coefficient (Wildman–Crippen LogP) is 2.12. The Morgan fingerprint density at radius 2 is 2.24 bits per heavy atom. The molecular weight excluding hydrogens is 302 g/mol. The molecule has 0 atom stereocenters. The van der Waals surface area contributed by atoms with Gasteiger partial charge in [0.25, 0.3) is 0 Å². The van der Waals surface area contributed by atoms with Gasteiger partial charge in [0, 0.05) is 0 Å². The molecule has 0 aliphatic rings. The third-order valence-corrected chi connectivity index (χ3v) is 2.66. The number of nitro benzene ring substituents is 1. The Labute approximate surface area is 123 Å². The highest BCUT2D eigenvalue weighted by Crippen LogP contribution is 2.34. The lowest BCUT2D eigenvalue weighted by Crippen LogP contribution is -2.10. The molecule has 0 saturated carbocycles. The van der Waals surface area contributed by atoms with Crippen LogP contribution in [-0.2, 0) is 0 Å². The van der Waals surface area contributed by atoms with Crippen LogP contribution in [0.5, 0.6) is 17.4 Å². The maximum absolute atomic E-state index is 10.9. The maximum atomic E-state index is 10.9. The summed E-state index contributed by atoms with van der Waals surface area (Å²) >= 11 is 5.89. The molecule has 0 spiro atoms. The summed E-state index contributed by atoms with van der Waals surface area (Å²) in [4.78, 5) is 18.0. The van der Waals surface area contributed by atoms with Gasteiger partial charge in [-0.05, 0) is 12.1 Å². The second-order valence-corrected chi connectivity index (χ2v) is 4.09. The summed E-state index contributed by atoms with van der Waals surface area (Å²) in [6, 6.07) is 4.09. The number of benzene rings is 1. The Bertz CT molecular complexity index is 682. The summed E-state index contributed by atoms with van der Waals surface area (Å²) in [5.41, 5.74) is 2.00. The van der Waals surface area contributed by atoms with Gasteiger partial charge in [-0.3, -0.25) is 15.5 Å². The van der Waals surface area contributed by atoms with Gasteiger partial charge in [-0.2, -0.15) is 4.98 Å². The average molecular weight is 312 g/mol. The molecule has 9 nitrogen and oxygen atoms in total. The Kier molecular flexibility index (Phi) is 4.36. The molecule has 0 aliphatic carbocycles. The van der Waals surface area contributed by atoms with Gasteiger partial charge < -0.3 is 9.47 Å². The molecule has 0 unspecified atom stereocenters. The fourth-order valence-electron chi connectivity index (χ4n) is 1.48. The highest BCUT2D eigenvalue weighted by molar-refractivity contribution is 6.31. The maximum Gasteiger partial charge on any atom is 0.314 e. The van der Waals surface area contributed by atoms with Crippen molar-refractivity contribution in [1.82, 2.24) is 9.97 Å². The molecule has 1 aromatic carbocycles. The summed E-state index contributed by atoms with van der Waals surface area (Å²) in [5, 5.41) is 11.1. The van der Waals surface area contributed by atoms with Crippen molar-refractivity contribution in [1.29, 1.82) is 0 Å². The van der Waals surface area contributed by atoms with E-state index in [0.717, 1.165) is 0 Å². The van der Waals surface area contributed by atoms with Crippen molar-refractivity contribution >= 4 is 23.2 Å². The molecule has 2 aromatic rings. The van der Waals surface area contributed by atoms with E-state index < -0.39 is 4.92 Å². The van der Waals surface area contributed by atoms with E-state index in [0.29, 0.717) is 0 Å². The van der Waals surface area contributed by atoms with Crippen molar-refractivity contribution < 1.29 is 14.4 Å². The molecule has 0 fully saturated rings. The number of ether oxygens (including phenoxy) is 2. The van der Waals surface area contributed by atoms with Gasteiger partial charge in [0.1, 0.15) is 10.8 Å². The standard InChI is InChI=1S/C11H10ClN5O4/c1-20-9-3-2-6(4-8(9)17(18)19)21-10-7(12)5-14-11(15-10)16-13/h2-5H,13H2,1H3,(H,14,15,16). The lowest BCUT2D eigenvalue weighted by Gasteiger charge is -2.08. The Balaban J connectivity index is 2.36. The quantitative estimate of drug-likeness (QED) is 0.488. The molecule has 10 heteroatoms. The number of nitrogen functional groups attached to an aromatic ring is 1. The molecule has 0 amide bonds. The minimum atomic E-state index is -0.583. The van der Waals surface area contributed by atoms with Gasteiger partial charge in [0.05, 0.1) is 24.3 Å². The van der Waals surface area contributed by atoms with Crippen molar-refractivity contribution in [3.05, 3.63) is 39.5 Å². The summed E-state index contributed by atoms with van der Waals surface area (Å²) in [5.74, 6) is 5.58. The van der Waals surface area contributed by atoms with Crippen molar-refractivity contribution in [3.63, 3.8) is 0 Å². The number of hydrogen-bond acceptors (Lipinski definition) is 8. The number of nitrogens with zero attached hydrogens (tertiary/aromatic N) is 3. The molecule has 21 heavy (non-hydrogen) atoms. The van der Waals surface area contributed by atoms with E-state index in [1.807, 2.05) is 0 Å². The van der Waals surface area contributed by atoms with Gasteiger partial charge >= 0.3 is 5.69 Å². The van der Waals surface area contributed by atoms with Crippen LogP contribution in [0.2, 0.25) is 5.02 Å². The molecular formula is C11H10ClN5O4. The number of methoxy groups -OCH3 is 1. The molecule has 0 bridgehead atoms. The van der Waals surface area contributed by atoms with Gasteiger partial charge in [-0.1, -0.05) is 11.6 Å². The summed E-state index contributed by atoms with van der Waals surface area (Å²) in [6.45, 7) is 0. The lowest BCUT2D eigenvalue weighted by molar-refractivity contribution is -0.385. The minimum Gasteiger partial charge on any atom is -0.490 e. The molecule has 1 aromatic heterocycles. The van der Waals surface area contributed by atoms with E-state index >= 15 is 0 Å². The van der Waals surface area contributed by atoms with Gasteiger partial charge in [0.15, 0.2) is 5.75 Å². The van der Waals surface area contributed by atoms with Gasteiger partial charge in [0.2, 0.25) is 11.8 Å². The number of nitrogens with one attached hydrogen (secondary N) is 1. The molecule has 0 saturated heterocycles. The van der Waals surface area contributed by atoms with Crippen molar-refractivity contribution in [2.24, 2.45) is 5.84 Å². The summed E-state index contributed by atoms with van der Waals surface area (Å²) in [7, 11) is 1.34. The monoisotopic (exact) mass is 311 g/mol. The second-order valence-electron chi connectivity index (χ2n) is 3.68. The first-order valence-electron chi connectivity index (χ1n) is 5.54. The van der Waals surface area contributed by atoms with E-state index in [1.165, 1.54) is 31.5 Å². The first-order valence-corrected chi connectivity index (χ1v) is 5.92. The Hall–Kier alpha value is -2.65. The van der Waals surface area contributed by atoms with Crippen LogP contribution in [0.3, 0.4) is 0 Å². The summed E-state index contributed by atoms with van der Waals surface area (Å²) in [6.07, 6.45) is 1.29. The Morgan fingerprint density at radius 1 is 1.48 bits per heavy atom. The van der Waals surface area contributed by atoms with Crippen molar-refractivity contribution in [2.75, 3.05) is 12.5 Å². The third kappa shape index (κ3) is 3.27. The van der Waals surface area contributed by atoms with Crippen molar-refractivity contribution in [3.8, 4) is 17.4 Å². The number of halogens is 1. The van der Waals surface area contributed by atoms with Crippen LogP contribution in [0.15, 0.2) is 24.4 Å². The van der Waals surface area contributed by atoms with Gasteiger partial charge in [-0.25, -0.2) is 10.8 Å². The number of nitro groups is 1. The van der Waals surface area contributed by atoms with E-state index in [2.05, 4.69) is 15.4 Å². The molecule has 110 valence electrons. The number of hydrazine groups is 1. The first kappa shape index (κ1) is 14.8.